The maximum Gasteiger partial charge on any atom is 0.219 e. The van der Waals surface area contributed by atoms with Crippen LogP contribution in [0.3, 0.4) is 0 Å². The van der Waals surface area contributed by atoms with E-state index < -0.39 is 0 Å². The number of rotatable bonds is 5. The summed E-state index contributed by atoms with van der Waals surface area (Å²) >= 11 is 6.08. The maximum atomic E-state index is 6.08. The van der Waals surface area contributed by atoms with Gasteiger partial charge in [0, 0.05) is 18.8 Å². The van der Waals surface area contributed by atoms with Crippen molar-refractivity contribution in [3.05, 3.63) is 52.7 Å². The van der Waals surface area contributed by atoms with E-state index in [2.05, 4.69) is 17.2 Å². The van der Waals surface area contributed by atoms with Crippen LogP contribution in [0.2, 0.25) is 5.02 Å². The Hall–Kier alpha value is -1.58. The van der Waals surface area contributed by atoms with Crippen LogP contribution in [0.1, 0.15) is 18.1 Å². The Kier molecular flexibility index (Phi) is 4.77. The maximum absolute atomic E-state index is 6.08. The van der Waals surface area contributed by atoms with Crippen molar-refractivity contribution in [2.45, 2.75) is 20.4 Å². The van der Waals surface area contributed by atoms with Crippen LogP contribution in [0.25, 0.3) is 0 Å². The van der Waals surface area contributed by atoms with Crippen LogP contribution in [0.15, 0.2) is 36.5 Å². The summed E-state index contributed by atoms with van der Waals surface area (Å²) < 4.78 is 5.69. The molecule has 0 unspecified atom stereocenters. The number of nitrogens with zero attached hydrogens (tertiary/aromatic N) is 1. The Balaban J connectivity index is 2.08. The summed E-state index contributed by atoms with van der Waals surface area (Å²) in [7, 11) is 0. The fraction of sp³-hybridized carbons (Fsp3) is 0.267. The largest absolute Gasteiger partial charge is 0.437 e. The summed E-state index contributed by atoms with van der Waals surface area (Å²) in [6.07, 6.45) is 1.81. The number of halogens is 1. The molecule has 0 saturated carbocycles. The van der Waals surface area contributed by atoms with E-state index in [1.165, 1.54) is 0 Å². The molecule has 0 aliphatic rings. The number of hydrogen-bond donors (Lipinski definition) is 1. The van der Waals surface area contributed by atoms with Gasteiger partial charge in [-0.3, -0.25) is 0 Å². The van der Waals surface area contributed by atoms with Crippen molar-refractivity contribution in [1.82, 2.24) is 10.3 Å². The first-order valence-corrected chi connectivity index (χ1v) is 6.66. The normalized spacial score (nSPS) is 10.5. The minimum atomic E-state index is 0.549. The van der Waals surface area contributed by atoms with Crippen LogP contribution in [-0.2, 0) is 6.54 Å². The lowest BCUT2D eigenvalue weighted by molar-refractivity contribution is 0.462. The summed E-state index contributed by atoms with van der Waals surface area (Å²) in [6, 6.07) is 9.52. The van der Waals surface area contributed by atoms with Crippen molar-refractivity contribution in [1.29, 1.82) is 0 Å². The van der Waals surface area contributed by atoms with Gasteiger partial charge in [-0.1, -0.05) is 30.7 Å². The monoisotopic (exact) mass is 276 g/mol. The Morgan fingerprint density at radius 1 is 1.26 bits per heavy atom. The highest BCUT2D eigenvalue weighted by molar-refractivity contribution is 6.32. The van der Waals surface area contributed by atoms with Crippen LogP contribution in [-0.4, -0.2) is 11.5 Å². The molecule has 2 aromatic rings. The van der Waals surface area contributed by atoms with Crippen molar-refractivity contribution in [2.75, 3.05) is 6.54 Å². The quantitative estimate of drug-likeness (QED) is 0.898. The number of aryl methyl sites for hydroxylation is 1. The molecule has 0 fully saturated rings. The van der Waals surface area contributed by atoms with Gasteiger partial charge in [-0.05, 0) is 36.7 Å². The molecular weight excluding hydrogens is 260 g/mol. The van der Waals surface area contributed by atoms with Gasteiger partial charge in [0.15, 0.2) is 0 Å². The molecule has 0 bridgehead atoms. The summed E-state index contributed by atoms with van der Waals surface area (Å²) in [5, 5.41) is 3.84. The molecule has 19 heavy (non-hydrogen) atoms. The minimum Gasteiger partial charge on any atom is -0.437 e. The lowest BCUT2D eigenvalue weighted by Gasteiger charge is -2.08. The van der Waals surface area contributed by atoms with E-state index in [-0.39, 0.29) is 0 Å². The topological polar surface area (TPSA) is 34.1 Å². The average Bonchev–Trinajstić information content (AvgIpc) is 2.42. The molecule has 0 aliphatic heterocycles. The van der Waals surface area contributed by atoms with E-state index in [0.29, 0.717) is 16.7 Å². The zero-order valence-corrected chi connectivity index (χ0v) is 11.9. The van der Waals surface area contributed by atoms with Crippen molar-refractivity contribution < 1.29 is 4.74 Å². The second kappa shape index (κ2) is 6.55. The Morgan fingerprint density at radius 3 is 2.79 bits per heavy atom. The zero-order chi connectivity index (χ0) is 13.7. The fourth-order valence-corrected chi connectivity index (χ4v) is 1.80. The van der Waals surface area contributed by atoms with E-state index in [4.69, 9.17) is 16.3 Å². The third-order valence-electron chi connectivity index (χ3n) is 2.68. The molecule has 0 radical (unpaired) electrons. The van der Waals surface area contributed by atoms with Gasteiger partial charge in [0.2, 0.25) is 5.88 Å². The standard InChI is InChI=1S/C15H17ClN2O/c1-3-17-9-12-5-7-15(18-10-12)19-14-8-11(2)4-6-13(14)16/h4-8,10,17H,3,9H2,1-2H3. The van der Waals surface area contributed by atoms with E-state index in [0.717, 1.165) is 24.2 Å². The SMILES string of the molecule is CCNCc1ccc(Oc2cc(C)ccc2Cl)nc1. The predicted molar refractivity (Wildman–Crippen MR) is 77.9 cm³/mol. The lowest BCUT2D eigenvalue weighted by Crippen LogP contribution is -2.11. The van der Waals surface area contributed by atoms with Gasteiger partial charge < -0.3 is 10.1 Å². The number of nitrogens with one attached hydrogen (secondary N) is 1. The van der Waals surface area contributed by atoms with E-state index in [9.17, 15) is 0 Å². The first-order valence-electron chi connectivity index (χ1n) is 6.28. The molecule has 0 aliphatic carbocycles. The van der Waals surface area contributed by atoms with Gasteiger partial charge in [-0.15, -0.1) is 0 Å². The van der Waals surface area contributed by atoms with Crippen LogP contribution in [0.5, 0.6) is 11.6 Å². The minimum absolute atomic E-state index is 0.549. The molecule has 1 aromatic carbocycles. The number of pyridine rings is 1. The summed E-state index contributed by atoms with van der Waals surface area (Å²) in [6.45, 7) is 5.83. The van der Waals surface area contributed by atoms with E-state index in [1.54, 1.807) is 0 Å². The molecule has 2 rings (SSSR count). The van der Waals surface area contributed by atoms with Crippen molar-refractivity contribution in [3.8, 4) is 11.6 Å². The smallest absolute Gasteiger partial charge is 0.219 e. The molecule has 0 saturated heterocycles. The molecule has 1 heterocycles. The number of benzene rings is 1. The highest BCUT2D eigenvalue weighted by Crippen LogP contribution is 2.29. The summed E-state index contributed by atoms with van der Waals surface area (Å²) in [4.78, 5) is 4.28. The number of ether oxygens (including phenoxy) is 1. The third kappa shape index (κ3) is 3.94. The van der Waals surface area contributed by atoms with Gasteiger partial charge in [0.05, 0.1) is 5.02 Å². The summed E-state index contributed by atoms with van der Waals surface area (Å²) in [5.74, 6) is 1.18. The molecule has 0 atom stereocenters. The second-order valence-electron chi connectivity index (χ2n) is 4.32. The molecule has 4 heteroatoms. The van der Waals surface area contributed by atoms with Gasteiger partial charge in [-0.25, -0.2) is 4.98 Å². The molecule has 100 valence electrons. The van der Waals surface area contributed by atoms with E-state index >= 15 is 0 Å². The molecule has 3 nitrogen and oxygen atoms in total. The Labute approximate surface area is 118 Å². The van der Waals surface area contributed by atoms with Crippen LogP contribution < -0.4 is 10.1 Å². The third-order valence-corrected chi connectivity index (χ3v) is 2.99. The highest BCUT2D eigenvalue weighted by atomic mass is 35.5. The zero-order valence-electron chi connectivity index (χ0n) is 11.1. The average molecular weight is 277 g/mol. The lowest BCUT2D eigenvalue weighted by atomic mass is 10.2. The van der Waals surface area contributed by atoms with Gasteiger partial charge in [-0.2, -0.15) is 0 Å². The van der Waals surface area contributed by atoms with Crippen molar-refractivity contribution >= 4 is 11.6 Å². The highest BCUT2D eigenvalue weighted by Gasteiger charge is 2.04. The van der Waals surface area contributed by atoms with Crippen LogP contribution in [0.4, 0.5) is 0 Å². The molecule has 0 spiro atoms. The molecule has 0 amide bonds. The summed E-state index contributed by atoms with van der Waals surface area (Å²) in [5.41, 5.74) is 2.23. The van der Waals surface area contributed by atoms with Gasteiger partial charge in [0.25, 0.3) is 0 Å². The number of aromatic nitrogens is 1. The van der Waals surface area contributed by atoms with Gasteiger partial charge in [0.1, 0.15) is 5.75 Å². The Morgan fingerprint density at radius 2 is 2.11 bits per heavy atom. The van der Waals surface area contributed by atoms with Crippen molar-refractivity contribution in [3.63, 3.8) is 0 Å². The van der Waals surface area contributed by atoms with E-state index in [1.807, 2.05) is 43.5 Å². The van der Waals surface area contributed by atoms with Crippen LogP contribution in [0, 0.1) is 6.92 Å². The Bertz CT molecular complexity index is 540. The first kappa shape index (κ1) is 13.8. The van der Waals surface area contributed by atoms with Gasteiger partial charge >= 0.3 is 0 Å². The molecule has 1 N–H and O–H groups in total. The number of hydrogen-bond acceptors (Lipinski definition) is 3. The first-order chi connectivity index (χ1) is 9.19. The second-order valence-corrected chi connectivity index (χ2v) is 4.73. The fourth-order valence-electron chi connectivity index (χ4n) is 1.65. The van der Waals surface area contributed by atoms with Crippen molar-refractivity contribution in [2.24, 2.45) is 0 Å². The van der Waals surface area contributed by atoms with Crippen LogP contribution >= 0.6 is 11.6 Å². The predicted octanol–water partition coefficient (Wildman–Crippen LogP) is 3.95. The molecular formula is C15H17ClN2O. The molecule has 1 aromatic heterocycles.